The van der Waals surface area contributed by atoms with Crippen molar-refractivity contribution in [1.29, 1.82) is 0 Å². The van der Waals surface area contributed by atoms with Crippen molar-refractivity contribution in [2.24, 2.45) is 0 Å². The molecular formula is C14H11NO4S. The van der Waals surface area contributed by atoms with Gasteiger partial charge in [0.15, 0.2) is 18.2 Å². The second-order valence-electron chi connectivity index (χ2n) is 3.76. The highest BCUT2D eigenvalue weighted by molar-refractivity contribution is 7.65. The van der Waals surface area contributed by atoms with E-state index in [1.807, 2.05) is 0 Å². The monoisotopic (exact) mass is 289 g/mol. The molecule has 20 heavy (non-hydrogen) atoms. The summed E-state index contributed by atoms with van der Waals surface area (Å²) in [6.45, 7) is 0. The van der Waals surface area contributed by atoms with Gasteiger partial charge in [-0.05, 0) is 17.0 Å². The Morgan fingerprint density at radius 3 is 2.45 bits per heavy atom. The number of rotatable bonds is 4. The van der Waals surface area contributed by atoms with Gasteiger partial charge in [0.25, 0.3) is 5.70 Å². The summed E-state index contributed by atoms with van der Waals surface area (Å²) in [7, 11) is 1.23. The predicted molar refractivity (Wildman–Crippen MR) is 72.3 cm³/mol. The smallest absolute Gasteiger partial charge is 0.402 e. The van der Waals surface area contributed by atoms with Crippen molar-refractivity contribution in [3.8, 4) is 0 Å². The summed E-state index contributed by atoms with van der Waals surface area (Å²) in [5.41, 5.74) is -0.0236. The van der Waals surface area contributed by atoms with Crippen LogP contribution >= 0.6 is 0 Å². The largest absolute Gasteiger partial charge is 0.769 e. The molecule has 6 heteroatoms. The van der Waals surface area contributed by atoms with Gasteiger partial charge in [-0.25, -0.2) is 4.79 Å². The fourth-order valence-corrected chi connectivity index (χ4v) is 1.88. The molecule has 0 atom stereocenters. The predicted octanol–water partition coefficient (Wildman–Crippen LogP) is 1.34. The molecule has 0 fully saturated rings. The molecule has 5 nitrogen and oxygen atoms in total. The molecule has 0 unspecified atom stereocenters. The molecule has 0 N–H and O–H groups in total. The fraction of sp³-hybridized carbons (Fsp3) is 0.0714. The maximum atomic E-state index is 12.2. The first-order valence-corrected chi connectivity index (χ1v) is 6.10. The first-order chi connectivity index (χ1) is 9.65. The molecule has 0 aliphatic rings. The summed E-state index contributed by atoms with van der Waals surface area (Å²) in [6, 6.07) is 8.26. The van der Waals surface area contributed by atoms with Crippen molar-refractivity contribution < 1.29 is 23.3 Å². The molecule has 2 aromatic heterocycles. The minimum atomic E-state index is -0.689. The summed E-state index contributed by atoms with van der Waals surface area (Å²) >= 11 is 5.10. The van der Waals surface area contributed by atoms with E-state index in [1.165, 1.54) is 24.0 Å². The van der Waals surface area contributed by atoms with Gasteiger partial charge in [0.05, 0.1) is 13.4 Å². The number of pyridine rings is 1. The lowest BCUT2D eigenvalue weighted by Crippen LogP contribution is -2.38. The molecule has 0 aromatic carbocycles. The zero-order chi connectivity index (χ0) is 14.5. The second-order valence-corrected chi connectivity index (χ2v) is 4.17. The maximum Gasteiger partial charge on any atom is 0.402 e. The Labute approximate surface area is 120 Å². The number of esters is 1. The van der Waals surface area contributed by atoms with Crippen LogP contribution < -0.4 is 4.57 Å². The zero-order valence-electron chi connectivity index (χ0n) is 10.6. The van der Waals surface area contributed by atoms with Crippen molar-refractivity contribution in [3.05, 3.63) is 59.7 Å². The van der Waals surface area contributed by atoms with E-state index in [-0.39, 0.29) is 16.4 Å². The number of nitrogens with zero attached hydrogens (tertiary/aromatic N) is 1. The number of aromatic nitrogens is 1. The Bertz CT molecular complexity index is 647. The van der Waals surface area contributed by atoms with E-state index < -0.39 is 11.8 Å². The third kappa shape index (κ3) is 2.75. The Morgan fingerprint density at radius 1 is 1.20 bits per heavy atom. The second kappa shape index (κ2) is 6.12. The van der Waals surface area contributed by atoms with E-state index in [4.69, 9.17) is 17.0 Å². The Kier molecular flexibility index (Phi) is 4.27. The summed E-state index contributed by atoms with van der Waals surface area (Å²) in [5, 5.41) is 0. The lowest BCUT2D eigenvalue weighted by molar-refractivity contribution is -0.578. The van der Waals surface area contributed by atoms with E-state index in [1.54, 1.807) is 36.7 Å². The summed E-state index contributed by atoms with van der Waals surface area (Å²) < 4.78 is 11.1. The number of furan rings is 1. The minimum absolute atomic E-state index is 0.0236. The highest BCUT2D eigenvalue weighted by Gasteiger charge is 2.24. The lowest BCUT2D eigenvalue weighted by Gasteiger charge is -2.11. The van der Waals surface area contributed by atoms with Crippen LogP contribution in [0.3, 0.4) is 0 Å². The average Bonchev–Trinajstić information content (AvgIpc) is 3.01. The van der Waals surface area contributed by atoms with Crippen LogP contribution in [0.2, 0.25) is 0 Å². The van der Waals surface area contributed by atoms with Crippen LogP contribution in [-0.4, -0.2) is 18.9 Å². The van der Waals surface area contributed by atoms with Gasteiger partial charge in [-0.15, -0.1) is 0 Å². The molecule has 0 amide bonds. The molecule has 2 aromatic rings. The van der Waals surface area contributed by atoms with E-state index in [0.29, 0.717) is 0 Å². The average molecular weight is 289 g/mol. The van der Waals surface area contributed by atoms with Crippen LogP contribution in [-0.2, 0) is 22.2 Å². The zero-order valence-corrected chi connectivity index (χ0v) is 11.4. The molecule has 0 radical (unpaired) electrons. The molecule has 2 rings (SSSR count). The maximum absolute atomic E-state index is 12.2. The van der Waals surface area contributed by atoms with Gasteiger partial charge < -0.3 is 21.8 Å². The summed E-state index contributed by atoms with van der Waals surface area (Å²) in [6.07, 6.45) is 4.57. The first kappa shape index (κ1) is 14.0. The molecular weight excluding hydrogens is 278 g/mol. The number of ether oxygens (including phenoxy) is 1. The number of ketones is 1. The number of methoxy groups -OCH3 is 1. The van der Waals surface area contributed by atoms with Crippen LogP contribution in [0.15, 0.2) is 58.3 Å². The number of Topliss-reactive ketones (excluding diaryl/α,β-unsaturated/α-hetero) is 1. The van der Waals surface area contributed by atoms with Gasteiger partial charge in [-0.1, -0.05) is 6.07 Å². The van der Waals surface area contributed by atoms with Crippen LogP contribution in [0.25, 0.3) is 5.70 Å². The quantitative estimate of drug-likeness (QED) is 0.279. The van der Waals surface area contributed by atoms with Crippen LogP contribution in [0.5, 0.6) is 0 Å². The SMILES string of the molecule is COC(=O)C(=C([S-])C(=O)c1ccco1)[n+]1ccccc1. The topological polar surface area (TPSA) is 60.4 Å². The first-order valence-electron chi connectivity index (χ1n) is 5.69. The summed E-state index contributed by atoms with van der Waals surface area (Å²) in [5.74, 6) is -1.15. The van der Waals surface area contributed by atoms with Crippen molar-refractivity contribution >= 4 is 30.1 Å². The van der Waals surface area contributed by atoms with E-state index in [9.17, 15) is 9.59 Å². The van der Waals surface area contributed by atoms with Gasteiger partial charge in [0, 0.05) is 12.1 Å². The molecule has 0 bridgehead atoms. The number of hydrogen-bond donors (Lipinski definition) is 0. The number of carbonyl (C=O) groups is 2. The van der Waals surface area contributed by atoms with Crippen molar-refractivity contribution in [1.82, 2.24) is 0 Å². The molecule has 102 valence electrons. The van der Waals surface area contributed by atoms with Gasteiger partial charge in [-0.3, -0.25) is 4.79 Å². The van der Waals surface area contributed by atoms with E-state index >= 15 is 0 Å². The van der Waals surface area contributed by atoms with E-state index in [0.717, 1.165) is 0 Å². The molecule has 0 aliphatic carbocycles. The molecule has 0 saturated carbocycles. The molecule has 2 heterocycles. The van der Waals surface area contributed by atoms with Crippen LogP contribution in [0.1, 0.15) is 10.6 Å². The van der Waals surface area contributed by atoms with Crippen LogP contribution in [0.4, 0.5) is 0 Å². The number of allylic oxidation sites excluding steroid dienone is 1. The number of carbonyl (C=O) groups excluding carboxylic acids is 2. The van der Waals surface area contributed by atoms with Crippen molar-refractivity contribution in [2.75, 3.05) is 7.11 Å². The fourth-order valence-electron chi connectivity index (χ4n) is 1.59. The van der Waals surface area contributed by atoms with Gasteiger partial charge >= 0.3 is 5.97 Å². The highest BCUT2D eigenvalue weighted by Crippen LogP contribution is 2.13. The van der Waals surface area contributed by atoms with Crippen molar-refractivity contribution in [3.63, 3.8) is 0 Å². The standard InChI is InChI=1S/C14H11NO4S/c1-18-14(17)11(15-7-3-2-4-8-15)13(20)12(16)10-6-5-9-19-10/h2-9H,1H3. The highest BCUT2D eigenvalue weighted by atomic mass is 32.1. The number of hydrogen-bond acceptors (Lipinski definition) is 5. The van der Waals surface area contributed by atoms with E-state index in [2.05, 4.69) is 4.74 Å². The van der Waals surface area contributed by atoms with Gasteiger partial charge in [0.2, 0.25) is 5.78 Å². The van der Waals surface area contributed by atoms with Gasteiger partial charge in [0.1, 0.15) is 0 Å². The normalized spacial score (nSPS) is 11.7. The molecule has 0 aliphatic heterocycles. The third-order valence-electron chi connectivity index (χ3n) is 2.52. The third-order valence-corrected chi connectivity index (χ3v) is 2.90. The Morgan fingerprint density at radius 2 is 1.90 bits per heavy atom. The van der Waals surface area contributed by atoms with Crippen LogP contribution in [0, 0.1) is 0 Å². The Hall–Kier alpha value is -2.47. The molecule has 0 spiro atoms. The summed E-state index contributed by atoms with van der Waals surface area (Å²) in [4.78, 5) is 23.9. The minimum Gasteiger partial charge on any atom is -0.769 e. The lowest BCUT2D eigenvalue weighted by atomic mass is 10.2. The van der Waals surface area contributed by atoms with Crippen molar-refractivity contribution in [2.45, 2.75) is 0 Å². The molecule has 0 saturated heterocycles. The van der Waals surface area contributed by atoms with Gasteiger partial charge in [-0.2, -0.15) is 4.57 Å². The Balaban J connectivity index is 2.53.